The zero-order valence-corrected chi connectivity index (χ0v) is 22.6. The summed E-state index contributed by atoms with van der Waals surface area (Å²) in [7, 11) is 0. The van der Waals surface area contributed by atoms with Crippen LogP contribution < -0.4 is 14.2 Å². The maximum Gasteiger partial charge on any atom is 0.410 e. The van der Waals surface area contributed by atoms with Crippen LogP contribution in [0.2, 0.25) is 0 Å². The first kappa shape index (κ1) is 26.4. The topological polar surface area (TPSA) is 75.7 Å². The molecule has 3 aromatic rings. The van der Waals surface area contributed by atoms with E-state index in [2.05, 4.69) is 0 Å². The summed E-state index contributed by atoms with van der Waals surface area (Å²) in [5.41, 5.74) is 3.79. The molecule has 3 aromatic carbocycles. The number of halogens is 1. The summed E-state index contributed by atoms with van der Waals surface area (Å²) in [4.78, 5) is 14.4. The summed E-state index contributed by atoms with van der Waals surface area (Å²) in [6, 6.07) is 17.9. The van der Waals surface area contributed by atoms with Crippen molar-refractivity contribution in [3.05, 3.63) is 88.7 Å². The minimum absolute atomic E-state index is 0.254. The molecule has 0 bridgehead atoms. The third-order valence-electron chi connectivity index (χ3n) is 7.16. The van der Waals surface area contributed by atoms with Crippen LogP contribution in [0.1, 0.15) is 42.2 Å². The van der Waals surface area contributed by atoms with Gasteiger partial charge >= 0.3 is 6.09 Å². The molecule has 40 heavy (non-hydrogen) atoms. The quantitative estimate of drug-likeness (QED) is 0.364. The van der Waals surface area contributed by atoms with Crippen LogP contribution in [0.5, 0.6) is 17.2 Å². The lowest BCUT2D eigenvalue weighted by atomic mass is 10.0. The van der Waals surface area contributed by atoms with Gasteiger partial charge in [0.1, 0.15) is 24.3 Å². The number of carbonyl (C=O) groups excluding carboxylic acids is 1. The second-order valence-electron chi connectivity index (χ2n) is 10.7. The molecule has 3 aliphatic heterocycles. The highest BCUT2D eigenvalue weighted by Gasteiger charge is 2.34. The van der Waals surface area contributed by atoms with Crippen molar-refractivity contribution >= 4 is 6.09 Å². The van der Waals surface area contributed by atoms with E-state index in [0.717, 1.165) is 28.0 Å². The summed E-state index contributed by atoms with van der Waals surface area (Å²) < 4.78 is 48.1. The summed E-state index contributed by atoms with van der Waals surface area (Å²) in [6.07, 6.45) is -0.280. The van der Waals surface area contributed by atoms with Crippen molar-refractivity contribution in [2.45, 2.75) is 51.5 Å². The number of hydrogen-bond donors (Lipinski definition) is 0. The van der Waals surface area contributed by atoms with Gasteiger partial charge in [0.15, 0.2) is 17.6 Å². The minimum atomic E-state index is -0.654. The molecule has 0 N–H and O–H groups in total. The van der Waals surface area contributed by atoms with Gasteiger partial charge < -0.3 is 33.3 Å². The molecule has 1 amide bonds. The summed E-state index contributed by atoms with van der Waals surface area (Å²) in [5, 5.41) is 0. The maximum absolute atomic E-state index is 13.1. The second kappa shape index (κ2) is 11.0. The molecule has 0 unspecified atom stereocenters. The van der Waals surface area contributed by atoms with E-state index in [4.69, 9.17) is 28.4 Å². The zero-order chi connectivity index (χ0) is 27.7. The summed E-state index contributed by atoms with van der Waals surface area (Å²) >= 11 is 0. The molecule has 2 atom stereocenters. The number of amides is 1. The fraction of sp³-hybridized carbons (Fsp3) is 0.387. The highest BCUT2D eigenvalue weighted by molar-refractivity contribution is 5.70. The normalized spacial score (nSPS) is 21.0. The van der Waals surface area contributed by atoms with Crippen LogP contribution >= 0.6 is 0 Å². The Morgan fingerprint density at radius 1 is 0.975 bits per heavy atom. The van der Waals surface area contributed by atoms with Gasteiger partial charge in [-0.3, -0.25) is 0 Å². The van der Waals surface area contributed by atoms with Gasteiger partial charge in [0.2, 0.25) is 5.79 Å². The Kier molecular flexibility index (Phi) is 7.25. The van der Waals surface area contributed by atoms with Crippen LogP contribution in [0.3, 0.4) is 0 Å². The molecule has 0 radical (unpaired) electrons. The first-order valence-corrected chi connectivity index (χ1v) is 13.5. The predicted octanol–water partition coefficient (Wildman–Crippen LogP) is 5.56. The number of rotatable bonds is 8. The molecule has 1 saturated heterocycles. The predicted molar refractivity (Wildman–Crippen MR) is 143 cm³/mol. The van der Waals surface area contributed by atoms with Crippen LogP contribution in [0.15, 0.2) is 60.7 Å². The largest absolute Gasteiger partial charge is 0.486 e. The summed E-state index contributed by atoms with van der Waals surface area (Å²) in [5.74, 6) is 1.21. The van der Waals surface area contributed by atoms with Crippen LogP contribution in [-0.2, 0) is 33.8 Å². The van der Waals surface area contributed by atoms with E-state index in [1.807, 2.05) is 50.2 Å². The van der Waals surface area contributed by atoms with E-state index >= 15 is 0 Å². The van der Waals surface area contributed by atoms with Gasteiger partial charge in [0.05, 0.1) is 26.4 Å². The van der Waals surface area contributed by atoms with E-state index in [-0.39, 0.29) is 24.1 Å². The third-order valence-corrected chi connectivity index (χ3v) is 7.16. The molecule has 8 nitrogen and oxygen atoms in total. The number of ether oxygens (including phenoxy) is 6. The number of carbonyl (C=O) groups is 1. The third kappa shape index (κ3) is 6.00. The highest BCUT2D eigenvalue weighted by Crippen LogP contribution is 2.36. The van der Waals surface area contributed by atoms with Crippen molar-refractivity contribution in [2.75, 3.05) is 26.3 Å². The van der Waals surface area contributed by atoms with Gasteiger partial charge in [-0.1, -0.05) is 24.3 Å². The number of cyclic esters (lactones) is 1. The van der Waals surface area contributed by atoms with E-state index in [1.165, 1.54) is 12.1 Å². The maximum atomic E-state index is 13.1. The molecule has 3 heterocycles. The second-order valence-corrected chi connectivity index (χ2v) is 10.7. The lowest BCUT2D eigenvalue weighted by molar-refractivity contribution is -0.180. The molecule has 9 heteroatoms. The molecule has 0 aliphatic carbocycles. The van der Waals surface area contributed by atoms with Gasteiger partial charge in [-0.25, -0.2) is 9.18 Å². The molecule has 6 rings (SSSR count). The molecule has 3 aliphatic rings. The van der Waals surface area contributed by atoms with E-state index in [0.29, 0.717) is 57.4 Å². The van der Waals surface area contributed by atoms with Crippen LogP contribution in [-0.4, -0.2) is 49.2 Å². The first-order chi connectivity index (χ1) is 19.3. The molecule has 0 aromatic heterocycles. The average molecular weight is 550 g/mol. The standard InChI is InChI=1S/C31H32FNO7/c1-31(2)37-17-23-14-22(6-10-26(23)40-31)29-15-33(30(34)39-29)12-11-20-5-9-27-28(13-20)38-25(19-36-27)18-35-16-21-3-7-24(32)8-4-21/h3-10,13-14,25,29H,11-12,15-19H2,1-2H3/t25-,29+/m1/s1. The molecule has 0 saturated carbocycles. The average Bonchev–Trinajstić information content (AvgIpc) is 3.32. The molecular formula is C31H32FNO7. The molecule has 0 spiro atoms. The van der Waals surface area contributed by atoms with Gasteiger partial charge in [0, 0.05) is 26.0 Å². The lowest BCUT2D eigenvalue weighted by Crippen LogP contribution is -2.35. The van der Waals surface area contributed by atoms with Gasteiger partial charge in [0.25, 0.3) is 0 Å². The summed E-state index contributed by atoms with van der Waals surface area (Å²) in [6.45, 7) is 6.31. The van der Waals surface area contributed by atoms with Crippen molar-refractivity contribution in [2.24, 2.45) is 0 Å². The van der Waals surface area contributed by atoms with E-state index < -0.39 is 5.79 Å². The first-order valence-electron chi connectivity index (χ1n) is 13.5. The van der Waals surface area contributed by atoms with E-state index in [1.54, 1.807) is 17.0 Å². The van der Waals surface area contributed by atoms with Crippen molar-refractivity contribution in [1.29, 1.82) is 0 Å². The Bertz CT molecular complexity index is 1380. The van der Waals surface area contributed by atoms with Crippen molar-refractivity contribution < 1.29 is 37.6 Å². The Labute approximate surface area is 232 Å². The minimum Gasteiger partial charge on any atom is -0.486 e. The highest BCUT2D eigenvalue weighted by atomic mass is 19.1. The van der Waals surface area contributed by atoms with Crippen molar-refractivity contribution in [3.63, 3.8) is 0 Å². The molecule has 1 fully saturated rings. The number of benzene rings is 3. The zero-order valence-electron chi connectivity index (χ0n) is 22.6. The van der Waals surface area contributed by atoms with Crippen LogP contribution in [0.25, 0.3) is 0 Å². The van der Waals surface area contributed by atoms with Crippen molar-refractivity contribution in [3.8, 4) is 17.2 Å². The van der Waals surface area contributed by atoms with E-state index in [9.17, 15) is 9.18 Å². The van der Waals surface area contributed by atoms with Gasteiger partial charge in [-0.15, -0.1) is 0 Å². The van der Waals surface area contributed by atoms with Crippen LogP contribution in [0.4, 0.5) is 9.18 Å². The number of nitrogens with zero attached hydrogens (tertiary/aromatic N) is 1. The van der Waals surface area contributed by atoms with Gasteiger partial charge in [-0.2, -0.15) is 0 Å². The molecule has 210 valence electrons. The molecular weight excluding hydrogens is 517 g/mol. The SMILES string of the molecule is CC1(C)OCc2cc([C@@H]3CN(CCc4ccc5c(c4)O[C@H](COCc4ccc(F)cc4)CO5)C(=O)O3)ccc2O1. The monoisotopic (exact) mass is 549 g/mol. The fourth-order valence-electron chi connectivity index (χ4n) is 4.97. The number of fused-ring (bicyclic) bond motifs is 2. The fourth-order valence-corrected chi connectivity index (χ4v) is 4.97. The Morgan fingerprint density at radius 3 is 2.62 bits per heavy atom. The Morgan fingerprint density at radius 2 is 1.77 bits per heavy atom. The van der Waals surface area contributed by atoms with Gasteiger partial charge in [-0.05, 0) is 59.5 Å². The lowest BCUT2D eigenvalue weighted by Gasteiger charge is -2.32. The number of hydrogen-bond acceptors (Lipinski definition) is 7. The Balaban J connectivity index is 1.01. The van der Waals surface area contributed by atoms with Crippen molar-refractivity contribution in [1.82, 2.24) is 4.90 Å². The van der Waals surface area contributed by atoms with Crippen LogP contribution in [0, 0.1) is 5.82 Å². The Hall–Kier alpha value is -3.82. The smallest absolute Gasteiger partial charge is 0.410 e.